The molecule has 2 aromatic heterocycles. The van der Waals surface area contributed by atoms with Gasteiger partial charge in [-0.2, -0.15) is 0 Å². The van der Waals surface area contributed by atoms with Crippen LogP contribution in [0.1, 0.15) is 72.3 Å². The molecular weight excluding hydrogens is 474 g/mol. The summed E-state index contributed by atoms with van der Waals surface area (Å²) in [5.41, 5.74) is 6.58. The zero-order valence-electron chi connectivity index (χ0n) is 22.7. The molecule has 0 unspecified atom stereocenters. The highest BCUT2D eigenvalue weighted by Crippen LogP contribution is 2.34. The number of aromatic nitrogens is 5. The van der Waals surface area contributed by atoms with E-state index in [0.29, 0.717) is 5.56 Å². The smallest absolute Gasteiger partial charge is 0.253 e. The highest BCUT2D eigenvalue weighted by atomic mass is 16.1. The minimum atomic E-state index is -0.304. The molecule has 1 aliphatic carbocycles. The van der Waals surface area contributed by atoms with Crippen molar-refractivity contribution in [3.05, 3.63) is 80.9 Å². The molecule has 1 aliphatic heterocycles. The van der Waals surface area contributed by atoms with Crippen molar-refractivity contribution in [2.45, 2.75) is 65.0 Å². The summed E-state index contributed by atoms with van der Waals surface area (Å²) in [5.74, 6) is 0.786. The Morgan fingerprint density at radius 3 is 2.53 bits per heavy atom. The van der Waals surface area contributed by atoms with E-state index in [4.69, 9.17) is 0 Å². The number of nitrogens with one attached hydrogen (secondary N) is 1. The topological polar surface area (TPSA) is 82.9 Å². The number of benzene rings is 2. The lowest BCUT2D eigenvalue weighted by atomic mass is 9.95. The van der Waals surface area contributed by atoms with E-state index < -0.39 is 0 Å². The fraction of sp³-hybridized carbons (Fsp3) is 0.467. The average molecular weight is 512 g/mol. The van der Waals surface area contributed by atoms with Gasteiger partial charge >= 0.3 is 0 Å². The number of H-pyrrole nitrogens is 1. The van der Waals surface area contributed by atoms with Gasteiger partial charge in [0.15, 0.2) is 5.82 Å². The second kappa shape index (κ2) is 10.3. The van der Waals surface area contributed by atoms with Gasteiger partial charge < -0.3 is 9.88 Å². The van der Waals surface area contributed by atoms with Crippen molar-refractivity contribution >= 4 is 16.6 Å². The number of rotatable bonds is 5. The van der Waals surface area contributed by atoms with Gasteiger partial charge in [-0.05, 0) is 84.3 Å². The van der Waals surface area contributed by atoms with Crippen molar-refractivity contribution in [1.29, 1.82) is 0 Å². The number of nitrogens with zero attached hydrogens (tertiary/aromatic N) is 6. The van der Waals surface area contributed by atoms with Crippen LogP contribution in [0.4, 0.5) is 5.69 Å². The zero-order chi connectivity index (χ0) is 26.2. The summed E-state index contributed by atoms with van der Waals surface area (Å²) in [7, 11) is 0. The molecule has 8 nitrogen and oxygen atoms in total. The normalized spacial score (nSPS) is 18.2. The molecule has 1 atom stereocenters. The van der Waals surface area contributed by atoms with Crippen molar-refractivity contribution in [3.63, 3.8) is 0 Å². The first-order valence-electron chi connectivity index (χ1n) is 14.0. The molecule has 0 bridgehead atoms. The van der Waals surface area contributed by atoms with Crippen LogP contribution in [-0.2, 0) is 0 Å². The van der Waals surface area contributed by atoms with E-state index >= 15 is 0 Å². The van der Waals surface area contributed by atoms with E-state index in [1.54, 1.807) is 0 Å². The summed E-state index contributed by atoms with van der Waals surface area (Å²) in [6.07, 6.45) is 5.82. The molecule has 2 aromatic carbocycles. The Morgan fingerprint density at radius 2 is 1.74 bits per heavy atom. The number of hydrogen-bond acceptors (Lipinski definition) is 6. The standard InChI is InChI=1S/C30H37N7O/c1-20-12-13-23-19-25(30(38)31-26(23)18-20)28(29-32-33-34-37(29)24-9-5-4-6-10-24)36-16-14-35(15-17-36)27-11-7-8-21(2)22(27)3/h7-8,11-13,18-19,24,28H,4-6,9-10,14-17H2,1-3H3,(H,31,38)/t28-/m0/s1. The van der Waals surface area contributed by atoms with Gasteiger partial charge in [-0.1, -0.05) is 43.5 Å². The fourth-order valence-electron chi connectivity index (χ4n) is 6.30. The molecule has 4 aromatic rings. The zero-order valence-corrected chi connectivity index (χ0v) is 22.7. The van der Waals surface area contributed by atoms with Crippen LogP contribution in [0.15, 0.2) is 47.3 Å². The number of piperazine rings is 1. The highest BCUT2D eigenvalue weighted by Gasteiger charge is 2.34. The van der Waals surface area contributed by atoms with Crippen LogP contribution in [0.3, 0.4) is 0 Å². The molecule has 8 heteroatoms. The van der Waals surface area contributed by atoms with E-state index in [1.807, 2.05) is 17.7 Å². The highest BCUT2D eigenvalue weighted by molar-refractivity contribution is 5.79. The van der Waals surface area contributed by atoms with Crippen LogP contribution >= 0.6 is 0 Å². The molecule has 1 saturated carbocycles. The van der Waals surface area contributed by atoms with Gasteiger partial charge in [-0.25, -0.2) is 4.68 Å². The maximum absolute atomic E-state index is 13.6. The lowest BCUT2D eigenvalue weighted by Gasteiger charge is -2.40. The van der Waals surface area contributed by atoms with Gasteiger partial charge in [-0.3, -0.25) is 9.69 Å². The lowest BCUT2D eigenvalue weighted by Crippen LogP contribution is -2.49. The van der Waals surface area contributed by atoms with Gasteiger partial charge in [0.05, 0.1) is 6.04 Å². The Balaban J connectivity index is 1.38. The Bertz CT molecular complexity index is 1490. The first kappa shape index (κ1) is 24.8. The quantitative estimate of drug-likeness (QED) is 0.412. The number of anilines is 1. The van der Waals surface area contributed by atoms with E-state index in [0.717, 1.165) is 61.3 Å². The van der Waals surface area contributed by atoms with E-state index in [9.17, 15) is 4.79 Å². The molecule has 3 heterocycles. The van der Waals surface area contributed by atoms with Crippen molar-refractivity contribution in [2.24, 2.45) is 0 Å². The molecule has 1 saturated heterocycles. The third-order valence-corrected chi connectivity index (χ3v) is 8.60. The number of tetrazole rings is 1. The summed E-state index contributed by atoms with van der Waals surface area (Å²) in [6, 6.07) is 14.8. The minimum absolute atomic E-state index is 0.0664. The van der Waals surface area contributed by atoms with E-state index in [-0.39, 0.29) is 17.6 Å². The summed E-state index contributed by atoms with van der Waals surface area (Å²) >= 11 is 0. The number of hydrogen-bond donors (Lipinski definition) is 1. The van der Waals surface area contributed by atoms with Crippen LogP contribution in [0.5, 0.6) is 0 Å². The Kier molecular flexibility index (Phi) is 6.74. The summed E-state index contributed by atoms with van der Waals surface area (Å²) in [5, 5.41) is 14.2. The van der Waals surface area contributed by atoms with E-state index in [1.165, 1.54) is 36.1 Å². The average Bonchev–Trinajstić information content (AvgIpc) is 3.41. The Hall–Kier alpha value is -3.52. The first-order chi connectivity index (χ1) is 18.5. The van der Waals surface area contributed by atoms with Crippen molar-refractivity contribution < 1.29 is 0 Å². The SMILES string of the molecule is Cc1ccc2cc([C@@H](c3nnnn3C3CCCCC3)N3CCN(c4cccc(C)c4C)CC3)c(=O)[nH]c2c1. The summed E-state index contributed by atoms with van der Waals surface area (Å²) in [4.78, 5) is 21.6. The predicted octanol–water partition coefficient (Wildman–Crippen LogP) is 4.86. The number of fused-ring (bicyclic) bond motifs is 1. The van der Waals surface area contributed by atoms with Gasteiger partial charge in [-0.15, -0.1) is 5.10 Å². The van der Waals surface area contributed by atoms with Crippen LogP contribution in [0, 0.1) is 20.8 Å². The number of aryl methyl sites for hydroxylation is 2. The molecule has 6 rings (SSSR count). The second-order valence-corrected chi connectivity index (χ2v) is 11.1. The first-order valence-corrected chi connectivity index (χ1v) is 14.0. The maximum atomic E-state index is 13.6. The fourth-order valence-corrected chi connectivity index (χ4v) is 6.30. The molecule has 198 valence electrons. The third-order valence-electron chi connectivity index (χ3n) is 8.60. The number of aromatic amines is 1. The van der Waals surface area contributed by atoms with Gasteiger partial charge in [0.2, 0.25) is 0 Å². The Morgan fingerprint density at radius 1 is 0.947 bits per heavy atom. The van der Waals surface area contributed by atoms with E-state index in [2.05, 4.69) is 80.6 Å². The van der Waals surface area contributed by atoms with Crippen LogP contribution in [0.25, 0.3) is 10.9 Å². The molecular formula is C30H37N7O. The molecule has 1 N–H and O–H groups in total. The van der Waals surface area contributed by atoms with Gasteiger partial charge in [0, 0.05) is 42.9 Å². The molecule has 0 amide bonds. The van der Waals surface area contributed by atoms with Crippen molar-refractivity contribution in [2.75, 3.05) is 31.1 Å². The maximum Gasteiger partial charge on any atom is 0.253 e. The second-order valence-electron chi connectivity index (χ2n) is 11.1. The molecule has 0 radical (unpaired) electrons. The largest absolute Gasteiger partial charge is 0.369 e. The minimum Gasteiger partial charge on any atom is -0.369 e. The summed E-state index contributed by atoms with van der Waals surface area (Å²) < 4.78 is 2.03. The molecule has 38 heavy (non-hydrogen) atoms. The molecule has 2 aliphatic rings. The van der Waals surface area contributed by atoms with Crippen LogP contribution < -0.4 is 10.5 Å². The van der Waals surface area contributed by atoms with Crippen molar-refractivity contribution in [3.8, 4) is 0 Å². The van der Waals surface area contributed by atoms with Gasteiger partial charge in [0.1, 0.15) is 6.04 Å². The molecule has 0 spiro atoms. The van der Waals surface area contributed by atoms with Crippen LogP contribution in [0.2, 0.25) is 0 Å². The summed E-state index contributed by atoms with van der Waals surface area (Å²) in [6.45, 7) is 9.83. The van der Waals surface area contributed by atoms with Crippen LogP contribution in [-0.4, -0.2) is 56.3 Å². The number of pyridine rings is 1. The lowest BCUT2D eigenvalue weighted by molar-refractivity contribution is 0.192. The van der Waals surface area contributed by atoms with Crippen molar-refractivity contribution in [1.82, 2.24) is 30.1 Å². The third kappa shape index (κ3) is 4.62. The molecule has 2 fully saturated rings. The monoisotopic (exact) mass is 511 g/mol. The predicted molar refractivity (Wildman–Crippen MR) is 151 cm³/mol. The Labute approximate surface area is 223 Å². The van der Waals surface area contributed by atoms with Gasteiger partial charge in [0.25, 0.3) is 5.56 Å².